The van der Waals surface area contributed by atoms with Crippen LogP contribution in [0, 0.1) is 0 Å². The van der Waals surface area contributed by atoms with Gasteiger partial charge in [-0.05, 0) is 50.2 Å². The third-order valence-corrected chi connectivity index (χ3v) is 3.46. The second-order valence-electron chi connectivity index (χ2n) is 6.06. The summed E-state index contributed by atoms with van der Waals surface area (Å²) >= 11 is 0. The molecular formula is C18H22N2O3. The predicted octanol–water partition coefficient (Wildman–Crippen LogP) is 3.58. The van der Waals surface area contributed by atoms with E-state index >= 15 is 0 Å². The first-order valence-electron chi connectivity index (χ1n) is 7.80. The summed E-state index contributed by atoms with van der Waals surface area (Å²) in [5, 5.41) is 0. The van der Waals surface area contributed by atoms with Crippen LogP contribution < -0.4 is 11.5 Å². The van der Waals surface area contributed by atoms with Crippen LogP contribution in [-0.4, -0.2) is 12.1 Å². The molecule has 5 nitrogen and oxygen atoms in total. The normalized spacial score (nSPS) is 14.1. The smallest absolute Gasteiger partial charge is 0.170 e. The Bertz CT molecular complexity index is 702. The number of nitrogens with two attached hydrogens (primary N) is 2. The Morgan fingerprint density at radius 2 is 1.00 bits per heavy atom. The number of hydrogen-bond acceptors (Lipinski definition) is 5. The minimum absolute atomic E-state index is 0.0626. The fourth-order valence-electron chi connectivity index (χ4n) is 2.48. The Morgan fingerprint density at radius 1 is 0.652 bits per heavy atom. The zero-order valence-electron chi connectivity index (χ0n) is 13.4. The first kappa shape index (κ1) is 15.6. The van der Waals surface area contributed by atoms with Crippen molar-refractivity contribution in [2.75, 3.05) is 0 Å². The van der Waals surface area contributed by atoms with Gasteiger partial charge >= 0.3 is 0 Å². The van der Waals surface area contributed by atoms with Gasteiger partial charge in [0.15, 0.2) is 23.0 Å². The van der Waals surface area contributed by atoms with Crippen molar-refractivity contribution in [2.24, 2.45) is 11.5 Å². The average molecular weight is 314 g/mol. The molecule has 0 aliphatic heterocycles. The maximum atomic E-state index is 5.84. The molecule has 23 heavy (non-hydrogen) atoms. The number of furan rings is 3. The summed E-state index contributed by atoms with van der Waals surface area (Å²) in [5.41, 5.74) is 11.6. The van der Waals surface area contributed by atoms with E-state index in [1.54, 1.807) is 0 Å². The van der Waals surface area contributed by atoms with Crippen LogP contribution in [0.2, 0.25) is 0 Å². The van der Waals surface area contributed by atoms with E-state index in [4.69, 9.17) is 24.7 Å². The van der Waals surface area contributed by atoms with Gasteiger partial charge in [0.25, 0.3) is 0 Å². The molecule has 0 saturated heterocycles. The lowest BCUT2D eigenvalue weighted by atomic mass is 10.2. The van der Waals surface area contributed by atoms with Crippen LogP contribution in [0.3, 0.4) is 0 Å². The average Bonchev–Trinajstić information content (AvgIpc) is 3.15. The first-order valence-corrected chi connectivity index (χ1v) is 7.80. The summed E-state index contributed by atoms with van der Waals surface area (Å²) in [6.07, 6.45) is 1.40. The van der Waals surface area contributed by atoms with Gasteiger partial charge in [0, 0.05) is 24.9 Å². The minimum Gasteiger partial charge on any atom is -0.458 e. The van der Waals surface area contributed by atoms with Crippen molar-refractivity contribution in [1.29, 1.82) is 0 Å². The maximum absolute atomic E-state index is 5.84. The van der Waals surface area contributed by atoms with Crippen molar-refractivity contribution >= 4 is 0 Å². The summed E-state index contributed by atoms with van der Waals surface area (Å²) < 4.78 is 17.4. The molecule has 3 aromatic rings. The summed E-state index contributed by atoms with van der Waals surface area (Å²) in [5.74, 6) is 4.42. The van der Waals surface area contributed by atoms with Gasteiger partial charge in [-0.2, -0.15) is 0 Å². The summed E-state index contributed by atoms with van der Waals surface area (Å²) in [6.45, 7) is 3.90. The van der Waals surface area contributed by atoms with Gasteiger partial charge in [-0.15, -0.1) is 0 Å². The highest BCUT2D eigenvalue weighted by atomic mass is 16.4. The molecule has 0 fully saturated rings. The molecule has 0 aliphatic rings. The highest BCUT2D eigenvalue weighted by Gasteiger charge is 2.14. The van der Waals surface area contributed by atoms with Crippen LogP contribution in [0.15, 0.2) is 49.6 Å². The molecule has 5 heteroatoms. The molecule has 0 aromatic carbocycles. The molecule has 3 heterocycles. The second kappa shape index (κ2) is 6.48. The highest BCUT2D eigenvalue weighted by Crippen LogP contribution is 2.31. The second-order valence-corrected chi connectivity index (χ2v) is 6.06. The number of rotatable bonds is 6. The lowest BCUT2D eigenvalue weighted by Gasteiger charge is -2.00. The Hall–Kier alpha value is -2.24. The predicted molar refractivity (Wildman–Crippen MR) is 88.8 cm³/mol. The van der Waals surface area contributed by atoms with Gasteiger partial charge in [-0.25, -0.2) is 0 Å². The van der Waals surface area contributed by atoms with Crippen molar-refractivity contribution in [2.45, 2.75) is 38.8 Å². The minimum atomic E-state index is 0.0626. The fourth-order valence-corrected chi connectivity index (χ4v) is 2.48. The van der Waals surface area contributed by atoms with Crippen LogP contribution in [0.5, 0.6) is 0 Å². The third-order valence-electron chi connectivity index (χ3n) is 3.46. The molecule has 0 saturated carbocycles. The first-order chi connectivity index (χ1) is 11.0. The van der Waals surface area contributed by atoms with E-state index < -0.39 is 0 Å². The third kappa shape index (κ3) is 3.75. The molecule has 0 bridgehead atoms. The zero-order valence-corrected chi connectivity index (χ0v) is 13.4. The van der Waals surface area contributed by atoms with Crippen LogP contribution in [0.25, 0.3) is 23.0 Å². The van der Waals surface area contributed by atoms with Gasteiger partial charge in [0.05, 0.1) is 0 Å². The topological polar surface area (TPSA) is 91.5 Å². The van der Waals surface area contributed by atoms with Crippen LogP contribution in [-0.2, 0) is 12.8 Å². The Balaban J connectivity index is 1.77. The van der Waals surface area contributed by atoms with Crippen molar-refractivity contribution < 1.29 is 13.3 Å². The van der Waals surface area contributed by atoms with E-state index in [1.165, 1.54) is 0 Å². The van der Waals surface area contributed by atoms with E-state index in [1.807, 2.05) is 50.2 Å². The van der Waals surface area contributed by atoms with Gasteiger partial charge < -0.3 is 24.7 Å². The quantitative estimate of drug-likeness (QED) is 0.725. The standard InChI is InChI=1S/C18H22N2O3/c1-11(19)9-13-3-5-15(21-13)17-7-8-18(23-17)16-6-4-14(22-16)10-12(2)20/h3-8,11-12H,9-10,19-20H2,1-2H3. The van der Waals surface area contributed by atoms with Crippen molar-refractivity contribution in [3.05, 3.63) is 47.9 Å². The lowest BCUT2D eigenvalue weighted by Crippen LogP contribution is -2.17. The SMILES string of the molecule is CC(N)Cc1ccc(-c2ccc(-c3ccc(CC(C)N)o3)o2)o1. The van der Waals surface area contributed by atoms with Crippen LogP contribution in [0.4, 0.5) is 0 Å². The molecule has 0 aliphatic carbocycles. The molecule has 122 valence electrons. The van der Waals surface area contributed by atoms with Crippen molar-refractivity contribution in [3.8, 4) is 23.0 Å². The molecular weight excluding hydrogens is 292 g/mol. The Kier molecular flexibility index (Phi) is 4.41. The summed E-state index contributed by atoms with van der Waals surface area (Å²) in [6, 6.07) is 11.5. The monoisotopic (exact) mass is 314 g/mol. The molecule has 3 rings (SSSR count). The molecule has 0 radical (unpaired) electrons. The van der Waals surface area contributed by atoms with Crippen molar-refractivity contribution in [3.63, 3.8) is 0 Å². The zero-order chi connectivity index (χ0) is 16.4. The number of hydrogen-bond donors (Lipinski definition) is 2. The summed E-state index contributed by atoms with van der Waals surface area (Å²) in [7, 11) is 0. The van der Waals surface area contributed by atoms with E-state index in [2.05, 4.69) is 0 Å². The summed E-state index contributed by atoms with van der Waals surface area (Å²) in [4.78, 5) is 0. The van der Waals surface area contributed by atoms with Gasteiger partial charge in [-0.3, -0.25) is 0 Å². The molecule has 2 unspecified atom stereocenters. The Morgan fingerprint density at radius 3 is 1.39 bits per heavy atom. The van der Waals surface area contributed by atoms with Crippen molar-refractivity contribution in [1.82, 2.24) is 0 Å². The largest absolute Gasteiger partial charge is 0.458 e. The molecule has 0 spiro atoms. The molecule has 4 N–H and O–H groups in total. The maximum Gasteiger partial charge on any atom is 0.170 e. The molecule has 3 aromatic heterocycles. The highest BCUT2D eigenvalue weighted by molar-refractivity contribution is 5.58. The van der Waals surface area contributed by atoms with Gasteiger partial charge in [0.1, 0.15) is 11.5 Å². The molecule has 2 atom stereocenters. The molecule has 0 amide bonds. The van der Waals surface area contributed by atoms with E-state index in [0.29, 0.717) is 35.9 Å². The lowest BCUT2D eigenvalue weighted by molar-refractivity contribution is 0.467. The van der Waals surface area contributed by atoms with E-state index in [9.17, 15) is 0 Å². The van der Waals surface area contributed by atoms with Gasteiger partial charge in [-0.1, -0.05) is 0 Å². The Labute approximate surface area is 135 Å². The van der Waals surface area contributed by atoms with E-state index in [-0.39, 0.29) is 12.1 Å². The van der Waals surface area contributed by atoms with Gasteiger partial charge in [0.2, 0.25) is 0 Å². The van der Waals surface area contributed by atoms with E-state index in [0.717, 1.165) is 11.5 Å². The van der Waals surface area contributed by atoms with Crippen LogP contribution >= 0.6 is 0 Å². The van der Waals surface area contributed by atoms with Crippen LogP contribution in [0.1, 0.15) is 25.4 Å². The fraction of sp³-hybridized carbons (Fsp3) is 0.333.